The molecule has 1 saturated heterocycles. The summed E-state index contributed by atoms with van der Waals surface area (Å²) in [6.45, 7) is 3.12. The monoisotopic (exact) mass is 259 g/mol. The van der Waals surface area contributed by atoms with Gasteiger partial charge in [0, 0.05) is 19.1 Å². The third-order valence-electron chi connectivity index (χ3n) is 3.10. The largest absolute Gasteiger partial charge is 0.309 e. The first kappa shape index (κ1) is 12.3. The molecule has 5 heteroatoms. The highest BCUT2D eigenvalue weighted by Crippen LogP contribution is 2.18. The summed E-state index contributed by atoms with van der Waals surface area (Å²) in [5.74, 6) is 0. The Morgan fingerprint density at radius 3 is 3.19 bits per heavy atom. The van der Waals surface area contributed by atoms with Crippen molar-refractivity contribution in [2.75, 3.05) is 20.1 Å². The first-order valence-electron chi connectivity index (χ1n) is 5.77. The Hall–Kier alpha value is -0.160. The smallest absolute Gasteiger partial charge is 0.113 e. The Morgan fingerprint density at radius 1 is 1.62 bits per heavy atom. The van der Waals surface area contributed by atoms with E-state index in [1.807, 2.05) is 0 Å². The number of piperidine rings is 1. The summed E-state index contributed by atoms with van der Waals surface area (Å²) in [7, 11) is 2.21. The number of likely N-dealkylation sites (tertiary alicyclic amines) is 1. The Morgan fingerprint density at radius 2 is 2.50 bits per heavy atom. The zero-order chi connectivity index (χ0) is 11.4. The lowest BCUT2D eigenvalue weighted by molar-refractivity contribution is 0.181. The van der Waals surface area contributed by atoms with Crippen LogP contribution in [0.3, 0.4) is 0 Å². The van der Waals surface area contributed by atoms with E-state index >= 15 is 0 Å². The second-order valence-corrected chi connectivity index (χ2v) is 6.07. The van der Waals surface area contributed by atoms with Gasteiger partial charge in [0.1, 0.15) is 9.34 Å². The zero-order valence-corrected chi connectivity index (χ0v) is 11.2. The molecule has 0 aromatic carbocycles. The van der Waals surface area contributed by atoms with Gasteiger partial charge in [-0.1, -0.05) is 18.0 Å². The van der Waals surface area contributed by atoms with E-state index in [0.29, 0.717) is 6.04 Å². The van der Waals surface area contributed by atoms with Crippen molar-refractivity contribution in [3.05, 3.63) is 15.5 Å². The standard InChI is InChI=1S/C11H18ClN3S/c1-15-5-3-2-4-9(15)6-13-8-11-14-7-10(12)16-11/h7,9,13H,2-6,8H2,1H3. The van der Waals surface area contributed by atoms with Crippen LogP contribution in [-0.2, 0) is 6.54 Å². The van der Waals surface area contributed by atoms with Crippen molar-refractivity contribution in [3.63, 3.8) is 0 Å². The van der Waals surface area contributed by atoms with Crippen LogP contribution in [0, 0.1) is 0 Å². The number of nitrogens with zero attached hydrogens (tertiary/aromatic N) is 2. The molecule has 90 valence electrons. The van der Waals surface area contributed by atoms with Crippen LogP contribution < -0.4 is 5.32 Å². The fourth-order valence-corrected chi connectivity index (χ4v) is 3.04. The molecule has 3 nitrogen and oxygen atoms in total. The molecule has 0 bridgehead atoms. The van der Waals surface area contributed by atoms with Crippen LogP contribution in [0.15, 0.2) is 6.20 Å². The number of thiazole rings is 1. The lowest BCUT2D eigenvalue weighted by atomic mass is 10.0. The molecule has 1 aromatic heterocycles. The summed E-state index contributed by atoms with van der Waals surface area (Å²) in [5, 5.41) is 4.54. The molecule has 0 radical (unpaired) electrons. The van der Waals surface area contributed by atoms with Crippen molar-refractivity contribution >= 4 is 22.9 Å². The van der Waals surface area contributed by atoms with Crippen molar-refractivity contribution in [2.24, 2.45) is 0 Å². The normalized spacial score (nSPS) is 22.5. The van der Waals surface area contributed by atoms with Crippen LogP contribution in [0.4, 0.5) is 0 Å². The van der Waals surface area contributed by atoms with Gasteiger partial charge in [0.15, 0.2) is 0 Å². The summed E-state index contributed by atoms with van der Waals surface area (Å²) >= 11 is 7.38. The molecule has 0 spiro atoms. The van der Waals surface area contributed by atoms with Gasteiger partial charge < -0.3 is 10.2 Å². The third kappa shape index (κ3) is 3.42. The Bertz CT molecular complexity index is 329. The van der Waals surface area contributed by atoms with E-state index in [4.69, 9.17) is 11.6 Å². The van der Waals surface area contributed by atoms with Gasteiger partial charge in [-0.05, 0) is 26.4 Å². The predicted octanol–water partition coefficient (Wildman–Crippen LogP) is 2.37. The number of halogens is 1. The van der Waals surface area contributed by atoms with Crippen LogP contribution in [0.2, 0.25) is 4.34 Å². The van der Waals surface area contributed by atoms with E-state index in [1.54, 1.807) is 17.5 Å². The molecule has 1 aliphatic heterocycles. The van der Waals surface area contributed by atoms with Crippen LogP contribution in [0.25, 0.3) is 0 Å². The van der Waals surface area contributed by atoms with Gasteiger partial charge >= 0.3 is 0 Å². The Labute approximate surface area is 106 Å². The van der Waals surface area contributed by atoms with Crippen molar-refractivity contribution < 1.29 is 0 Å². The molecule has 1 fully saturated rings. The average molecular weight is 260 g/mol. The van der Waals surface area contributed by atoms with Crippen LogP contribution in [-0.4, -0.2) is 36.1 Å². The second kappa shape index (κ2) is 5.96. The molecule has 0 aliphatic carbocycles. The highest BCUT2D eigenvalue weighted by atomic mass is 35.5. The maximum absolute atomic E-state index is 5.83. The lowest BCUT2D eigenvalue weighted by Crippen LogP contribution is -2.42. The Kier molecular flexibility index (Phi) is 4.58. The van der Waals surface area contributed by atoms with Gasteiger partial charge in [-0.15, -0.1) is 11.3 Å². The van der Waals surface area contributed by atoms with Gasteiger partial charge in [0.2, 0.25) is 0 Å². The molecular formula is C11H18ClN3S. The average Bonchev–Trinajstić information content (AvgIpc) is 2.67. The van der Waals surface area contributed by atoms with Crippen molar-refractivity contribution in [3.8, 4) is 0 Å². The molecule has 1 aromatic rings. The summed E-state index contributed by atoms with van der Waals surface area (Å²) in [4.78, 5) is 6.68. The lowest BCUT2D eigenvalue weighted by Gasteiger charge is -2.32. The molecule has 1 unspecified atom stereocenters. The van der Waals surface area contributed by atoms with Gasteiger partial charge in [0.05, 0.1) is 6.20 Å². The summed E-state index contributed by atoms with van der Waals surface area (Å²) in [6, 6.07) is 0.684. The van der Waals surface area contributed by atoms with Crippen molar-refractivity contribution in [1.82, 2.24) is 15.2 Å². The third-order valence-corrected chi connectivity index (χ3v) is 4.22. The number of likely N-dealkylation sites (N-methyl/N-ethyl adjacent to an activating group) is 1. The topological polar surface area (TPSA) is 28.2 Å². The molecule has 2 rings (SSSR count). The van der Waals surface area contributed by atoms with Crippen LogP contribution >= 0.6 is 22.9 Å². The fraction of sp³-hybridized carbons (Fsp3) is 0.727. The van der Waals surface area contributed by atoms with E-state index in [-0.39, 0.29) is 0 Å². The van der Waals surface area contributed by atoms with Crippen molar-refractivity contribution in [1.29, 1.82) is 0 Å². The maximum atomic E-state index is 5.83. The second-order valence-electron chi connectivity index (χ2n) is 4.32. The zero-order valence-electron chi connectivity index (χ0n) is 9.58. The van der Waals surface area contributed by atoms with E-state index in [0.717, 1.165) is 22.4 Å². The van der Waals surface area contributed by atoms with E-state index < -0.39 is 0 Å². The fourth-order valence-electron chi connectivity index (χ4n) is 2.12. The van der Waals surface area contributed by atoms with Gasteiger partial charge in [-0.2, -0.15) is 0 Å². The van der Waals surface area contributed by atoms with Crippen LogP contribution in [0.1, 0.15) is 24.3 Å². The first-order chi connectivity index (χ1) is 7.75. The van der Waals surface area contributed by atoms with Gasteiger partial charge in [-0.25, -0.2) is 4.98 Å². The quantitative estimate of drug-likeness (QED) is 0.900. The van der Waals surface area contributed by atoms with E-state index in [1.165, 1.54) is 25.8 Å². The SMILES string of the molecule is CN1CCCCC1CNCc1ncc(Cl)s1. The molecule has 0 amide bonds. The number of hydrogen-bond donors (Lipinski definition) is 1. The highest BCUT2D eigenvalue weighted by molar-refractivity contribution is 7.15. The first-order valence-corrected chi connectivity index (χ1v) is 6.96. The number of hydrogen-bond acceptors (Lipinski definition) is 4. The minimum Gasteiger partial charge on any atom is -0.309 e. The van der Waals surface area contributed by atoms with E-state index in [2.05, 4.69) is 22.2 Å². The maximum Gasteiger partial charge on any atom is 0.113 e. The van der Waals surface area contributed by atoms with E-state index in [9.17, 15) is 0 Å². The van der Waals surface area contributed by atoms with Crippen molar-refractivity contribution in [2.45, 2.75) is 31.8 Å². The molecule has 2 heterocycles. The molecule has 1 atom stereocenters. The summed E-state index contributed by atoms with van der Waals surface area (Å²) in [5.41, 5.74) is 0. The molecule has 1 N–H and O–H groups in total. The minimum atomic E-state index is 0.684. The molecule has 16 heavy (non-hydrogen) atoms. The predicted molar refractivity (Wildman–Crippen MR) is 69.1 cm³/mol. The summed E-state index contributed by atoms with van der Waals surface area (Å²) < 4.78 is 0.770. The molecular weight excluding hydrogens is 242 g/mol. The summed E-state index contributed by atoms with van der Waals surface area (Å²) in [6.07, 6.45) is 5.73. The van der Waals surface area contributed by atoms with Gasteiger partial charge in [-0.3, -0.25) is 0 Å². The number of nitrogens with one attached hydrogen (secondary N) is 1. The van der Waals surface area contributed by atoms with Gasteiger partial charge in [0.25, 0.3) is 0 Å². The number of aromatic nitrogens is 1. The Balaban J connectivity index is 1.71. The number of rotatable bonds is 4. The molecule has 0 saturated carbocycles. The highest BCUT2D eigenvalue weighted by Gasteiger charge is 2.17. The minimum absolute atomic E-state index is 0.684. The molecule has 1 aliphatic rings. The van der Waals surface area contributed by atoms with Crippen LogP contribution in [0.5, 0.6) is 0 Å².